The molecule has 0 aliphatic rings. The van der Waals surface area contributed by atoms with Crippen molar-refractivity contribution >= 4 is 11.0 Å². The van der Waals surface area contributed by atoms with E-state index in [1.54, 1.807) is 4.68 Å². The van der Waals surface area contributed by atoms with Gasteiger partial charge in [0.05, 0.1) is 18.2 Å². The van der Waals surface area contributed by atoms with Crippen LogP contribution in [0.5, 0.6) is 0 Å². The Morgan fingerprint density at radius 3 is 2.56 bits per heavy atom. The standard InChI is InChI=1S/C14H13N3O/c18-14(11-6-2-1-3-7-11)10-17-13-9-5-4-8-12(13)15-16-17/h1-9,14,18H,10H2/t14-/m0/s1. The van der Waals surface area contributed by atoms with E-state index in [1.165, 1.54) is 0 Å². The minimum atomic E-state index is -0.573. The summed E-state index contributed by atoms with van der Waals surface area (Å²) >= 11 is 0. The minimum Gasteiger partial charge on any atom is -0.386 e. The van der Waals surface area contributed by atoms with Gasteiger partial charge in [0.1, 0.15) is 5.52 Å². The molecule has 1 heterocycles. The van der Waals surface area contributed by atoms with Crippen LogP contribution in [0.15, 0.2) is 54.6 Å². The minimum absolute atomic E-state index is 0.407. The maximum atomic E-state index is 10.2. The van der Waals surface area contributed by atoms with E-state index in [2.05, 4.69) is 10.3 Å². The number of aliphatic hydroxyl groups excluding tert-OH is 1. The molecule has 0 unspecified atom stereocenters. The van der Waals surface area contributed by atoms with Crippen molar-refractivity contribution < 1.29 is 5.11 Å². The second-order valence-electron chi connectivity index (χ2n) is 4.19. The van der Waals surface area contributed by atoms with Gasteiger partial charge in [-0.25, -0.2) is 4.68 Å². The van der Waals surface area contributed by atoms with Gasteiger partial charge in [-0.3, -0.25) is 0 Å². The molecular weight excluding hydrogens is 226 g/mol. The van der Waals surface area contributed by atoms with Gasteiger partial charge in [-0.1, -0.05) is 47.7 Å². The highest BCUT2D eigenvalue weighted by atomic mass is 16.3. The summed E-state index contributed by atoms with van der Waals surface area (Å²) in [5, 5.41) is 18.3. The highest BCUT2D eigenvalue weighted by molar-refractivity contribution is 5.73. The molecule has 0 fully saturated rings. The molecule has 4 nitrogen and oxygen atoms in total. The topological polar surface area (TPSA) is 50.9 Å². The second kappa shape index (κ2) is 4.58. The Bertz CT molecular complexity index is 648. The van der Waals surface area contributed by atoms with E-state index in [-0.39, 0.29) is 0 Å². The molecule has 0 aliphatic heterocycles. The molecule has 1 N–H and O–H groups in total. The van der Waals surface area contributed by atoms with Crippen LogP contribution in [-0.4, -0.2) is 20.1 Å². The SMILES string of the molecule is O[C@@H](Cn1nnc2ccccc21)c1ccccc1. The lowest BCUT2D eigenvalue weighted by Crippen LogP contribution is -2.09. The monoisotopic (exact) mass is 239 g/mol. The van der Waals surface area contributed by atoms with Crippen LogP contribution in [0, 0.1) is 0 Å². The first-order valence-corrected chi connectivity index (χ1v) is 5.86. The Morgan fingerprint density at radius 1 is 1.00 bits per heavy atom. The maximum absolute atomic E-state index is 10.2. The summed E-state index contributed by atoms with van der Waals surface area (Å²) < 4.78 is 1.73. The zero-order valence-electron chi connectivity index (χ0n) is 9.77. The van der Waals surface area contributed by atoms with Gasteiger partial charge in [0.15, 0.2) is 0 Å². The normalized spacial score (nSPS) is 12.7. The van der Waals surface area contributed by atoms with Crippen molar-refractivity contribution in [2.24, 2.45) is 0 Å². The van der Waals surface area contributed by atoms with E-state index >= 15 is 0 Å². The van der Waals surface area contributed by atoms with Gasteiger partial charge in [-0.2, -0.15) is 0 Å². The van der Waals surface area contributed by atoms with Crippen molar-refractivity contribution in [2.45, 2.75) is 12.6 Å². The van der Waals surface area contributed by atoms with Crippen molar-refractivity contribution in [2.75, 3.05) is 0 Å². The highest BCUT2D eigenvalue weighted by Crippen LogP contribution is 2.17. The predicted molar refractivity (Wildman–Crippen MR) is 68.9 cm³/mol. The van der Waals surface area contributed by atoms with Gasteiger partial charge in [0.25, 0.3) is 0 Å². The maximum Gasteiger partial charge on any atom is 0.113 e. The number of hydrogen-bond acceptors (Lipinski definition) is 3. The van der Waals surface area contributed by atoms with Crippen LogP contribution < -0.4 is 0 Å². The molecule has 3 aromatic rings. The van der Waals surface area contributed by atoms with Crippen molar-refractivity contribution in [1.82, 2.24) is 15.0 Å². The molecule has 0 saturated carbocycles. The molecule has 90 valence electrons. The Balaban J connectivity index is 1.89. The fourth-order valence-electron chi connectivity index (χ4n) is 2.00. The smallest absolute Gasteiger partial charge is 0.113 e. The van der Waals surface area contributed by atoms with Gasteiger partial charge in [0.2, 0.25) is 0 Å². The molecule has 2 aromatic carbocycles. The summed E-state index contributed by atoms with van der Waals surface area (Å²) in [4.78, 5) is 0. The van der Waals surface area contributed by atoms with E-state index in [4.69, 9.17) is 0 Å². The van der Waals surface area contributed by atoms with Crippen molar-refractivity contribution in [3.8, 4) is 0 Å². The Hall–Kier alpha value is -2.20. The van der Waals surface area contributed by atoms with Gasteiger partial charge in [-0.15, -0.1) is 5.10 Å². The third kappa shape index (κ3) is 1.98. The van der Waals surface area contributed by atoms with E-state index < -0.39 is 6.10 Å². The van der Waals surface area contributed by atoms with E-state index in [9.17, 15) is 5.11 Å². The van der Waals surface area contributed by atoms with Crippen LogP contribution in [0.1, 0.15) is 11.7 Å². The van der Waals surface area contributed by atoms with Crippen molar-refractivity contribution in [3.63, 3.8) is 0 Å². The first-order valence-electron chi connectivity index (χ1n) is 5.86. The lowest BCUT2D eigenvalue weighted by Gasteiger charge is -2.10. The Morgan fingerprint density at radius 2 is 1.72 bits per heavy atom. The Kier molecular flexibility index (Phi) is 2.78. The zero-order chi connectivity index (χ0) is 12.4. The Labute approximate surface area is 104 Å². The molecular formula is C14H13N3O. The lowest BCUT2D eigenvalue weighted by atomic mass is 10.1. The van der Waals surface area contributed by atoms with Gasteiger partial charge < -0.3 is 5.11 Å². The van der Waals surface area contributed by atoms with Crippen LogP contribution in [-0.2, 0) is 6.54 Å². The van der Waals surface area contributed by atoms with Crippen LogP contribution in [0.3, 0.4) is 0 Å². The quantitative estimate of drug-likeness (QED) is 0.762. The number of aliphatic hydroxyl groups is 1. The number of rotatable bonds is 3. The fourth-order valence-corrected chi connectivity index (χ4v) is 2.00. The number of benzene rings is 2. The lowest BCUT2D eigenvalue weighted by molar-refractivity contribution is 0.152. The zero-order valence-corrected chi connectivity index (χ0v) is 9.77. The first kappa shape index (κ1) is 10.9. The molecule has 1 aromatic heterocycles. The van der Waals surface area contributed by atoms with Crippen LogP contribution in [0.25, 0.3) is 11.0 Å². The van der Waals surface area contributed by atoms with E-state index in [0.717, 1.165) is 16.6 Å². The third-order valence-corrected chi connectivity index (χ3v) is 2.95. The summed E-state index contributed by atoms with van der Waals surface area (Å²) in [5.41, 5.74) is 2.67. The third-order valence-electron chi connectivity index (χ3n) is 2.95. The predicted octanol–water partition coefficient (Wildman–Crippen LogP) is 2.16. The fraction of sp³-hybridized carbons (Fsp3) is 0.143. The molecule has 1 atom stereocenters. The molecule has 18 heavy (non-hydrogen) atoms. The summed E-state index contributed by atoms with van der Waals surface area (Å²) in [6.07, 6.45) is -0.573. The van der Waals surface area contributed by atoms with Gasteiger partial charge >= 0.3 is 0 Å². The van der Waals surface area contributed by atoms with Gasteiger partial charge in [0, 0.05) is 0 Å². The van der Waals surface area contributed by atoms with Crippen molar-refractivity contribution in [1.29, 1.82) is 0 Å². The van der Waals surface area contributed by atoms with Crippen LogP contribution in [0.4, 0.5) is 0 Å². The summed E-state index contributed by atoms with van der Waals surface area (Å²) in [5.74, 6) is 0. The van der Waals surface area contributed by atoms with Gasteiger partial charge in [-0.05, 0) is 17.7 Å². The first-order chi connectivity index (χ1) is 8.84. The van der Waals surface area contributed by atoms with Crippen molar-refractivity contribution in [3.05, 3.63) is 60.2 Å². The molecule has 0 aliphatic carbocycles. The number of fused-ring (bicyclic) bond motifs is 1. The molecule has 0 spiro atoms. The molecule has 4 heteroatoms. The molecule has 0 radical (unpaired) electrons. The highest BCUT2D eigenvalue weighted by Gasteiger charge is 2.11. The summed E-state index contributed by atoms with van der Waals surface area (Å²) in [7, 11) is 0. The van der Waals surface area contributed by atoms with E-state index in [0.29, 0.717) is 6.54 Å². The number of para-hydroxylation sites is 1. The largest absolute Gasteiger partial charge is 0.386 e. The molecule has 0 bridgehead atoms. The number of nitrogens with zero attached hydrogens (tertiary/aromatic N) is 3. The number of hydrogen-bond donors (Lipinski definition) is 1. The van der Waals surface area contributed by atoms with Crippen LogP contribution >= 0.6 is 0 Å². The second-order valence-corrected chi connectivity index (χ2v) is 4.19. The van der Waals surface area contributed by atoms with E-state index in [1.807, 2.05) is 54.6 Å². The molecule has 0 saturated heterocycles. The molecule has 3 rings (SSSR count). The average Bonchev–Trinajstić information content (AvgIpc) is 2.83. The average molecular weight is 239 g/mol. The summed E-state index contributed by atoms with van der Waals surface area (Å²) in [6.45, 7) is 0.407. The summed E-state index contributed by atoms with van der Waals surface area (Å²) in [6, 6.07) is 17.3. The van der Waals surface area contributed by atoms with Crippen LogP contribution in [0.2, 0.25) is 0 Å². The molecule has 0 amide bonds. The number of aromatic nitrogens is 3.